The van der Waals surface area contributed by atoms with E-state index >= 15 is 0 Å². The Balaban J connectivity index is 1.39. The van der Waals surface area contributed by atoms with Crippen molar-refractivity contribution < 1.29 is 22.7 Å². The minimum absolute atomic E-state index is 0.00748. The number of sulfonamides is 1. The van der Waals surface area contributed by atoms with Crippen molar-refractivity contribution in [3.63, 3.8) is 0 Å². The highest BCUT2D eigenvalue weighted by Crippen LogP contribution is 2.21. The molecule has 1 N–H and O–H groups in total. The highest BCUT2D eigenvalue weighted by molar-refractivity contribution is 7.92. The lowest BCUT2D eigenvalue weighted by Gasteiger charge is -2.38. The van der Waals surface area contributed by atoms with E-state index in [-0.39, 0.29) is 16.8 Å². The van der Waals surface area contributed by atoms with E-state index in [0.717, 1.165) is 32.4 Å². The average molecular weight is 487 g/mol. The van der Waals surface area contributed by atoms with E-state index in [9.17, 15) is 18.0 Å². The number of hydrogen-bond donors (Lipinski definition) is 1. The van der Waals surface area contributed by atoms with Crippen molar-refractivity contribution in [1.82, 2.24) is 14.7 Å². The normalized spacial score (nSPS) is 16.8. The molecule has 182 valence electrons. The maximum atomic E-state index is 13.1. The van der Waals surface area contributed by atoms with Crippen LogP contribution in [0.1, 0.15) is 29.6 Å². The summed E-state index contributed by atoms with van der Waals surface area (Å²) in [5, 5.41) is 0. The molecule has 0 radical (unpaired) electrons. The fourth-order valence-corrected chi connectivity index (χ4v) is 5.34. The lowest BCUT2D eigenvalue weighted by Crippen LogP contribution is -2.54. The maximum Gasteiger partial charge on any atom is 0.320 e. The minimum atomic E-state index is -3.87. The highest BCUT2D eigenvalue weighted by atomic mass is 32.2. The Morgan fingerprint density at radius 3 is 2.09 bits per heavy atom. The van der Waals surface area contributed by atoms with Crippen LogP contribution in [-0.4, -0.2) is 81.4 Å². The van der Waals surface area contributed by atoms with Crippen molar-refractivity contribution in [2.75, 3.05) is 51.1 Å². The first-order chi connectivity index (χ1) is 16.4. The monoisotopic (exact) mass is 486 g/mol. The molecule has 0 spiro atoms. The van der Waals surface area contributed by atoms with E-state index in [0.29, 0.717) is 43.2 Å². The molecule has 2 saturated heterocycles. The predicted octanol–water partition coefficient (Wildman–Crippen LogP) is 2.86. The average Bonchev–Trinajstić information content (AvgIpc) is 2.89. The van der Waals surface area contributed by atoms with Gasteiger partial charge < -0.3 is 19.4 Å². The molecule has 3 amide bonds. The van der Waals surface area contributed by atoms with E-state index < -0.39 is 10.0 Å². The summed E-state index contributed by atoms with van der Waals surface area (Å²) in [6.45, 7) is 3.36. The predicted molar refractivity (Wildman–Crippen MR) is 129 cm³/mol. The standard InChI is InChI=1S/C24H30N4O5S/c1-33-21-10-8-20(9-11-21)25-34(31,32)22-7-5-6-19(18-22)23(29)26-14-16-28(17-15-26)24(30)27-12-3-2-4-13-27/h5-11,18,25H,2-4,12-17H2,1H3. The van der Waals surface area contributed by atoms with Gasteiger partial charge in [0.1, 0.15) is 5.75 Å². The van der Waals surface area contributed by atoms with Gasteiger partial charge in [-0.05, 0) is 61.7 Å². The number of piperidine rings is 1. The van der Waals surface area contributed by atoms with Crippen LogP contribution in [0.2, 0.25) is 0 Å². The highest BCUT2D eigenvalue weighted by Gasteiger charge is 2.28. The zero-order valence-electron chi connectivity index (χ0n) is 19.3. The summed E-state index contributed by atoms with van der Waals surface area (Å²) >= 11 is 0. The molecule has 4 rings (SSSR count). The molecule has 34 heavy (non-hydrogen) atoms. The SMILES string of the molecule is COc1ccc(NS(=O)(=O)c2cccc(C(=O)N3CCN(C(=O)N4CCCCC4)CC3)c2)cc1. The summed E-state index contributed by atoms with van der Waals surface area (Å²) in [4.78, 5) is 31.1. The fraction of sp³-hybridized carbons (Fsp3) is 0.417. The van der Waals surface area contributed by atoms with Gasteiger partial charge in [-0.1, -0.05) is 6.07 Å². The Morgan fingerprint density at radius 2 is 1.44 bits per heavy atom. The number of piperazine rings is 1. The summed E-state index contributed by atoms with van der Waals surface area (Å²) in [6, 6.07) is 12.6. The van der Waals surface area contributed by atoms with Gasteiger partial charge in [0.2, 0.25) is 0 Å². The Hall–Kier alpha value is -3.27. The third kappa shape index (κ3) is 5.44. The minimum Gasteiger partial charge on any atom is -0.497 e. The van der Waals surface area contributed by atoms with Crippen molar-refractivity contribution in [2.24, 2.45) is 0 Å². The van der Waals surface area contributed by atoms with Crippen LogP contribution in [0.5, 0.6) is 5.75 Å². The third-order valence-electron chi connectivity index (χ3n) is 6.20. The fourth-order valence-electron chi connectivity index (χ4n) is 4.24. The Kier molecular flexibility index (Phi) is 7.26. The molecular formula is C24H30N4O5S. The van der Waals surface area contributed by atoms with Gasteiger partial charge in [-0.15, -0.1) is 0 Å². The van der Waals surface area contributed by atoms with Crippen molar-refractivity contribution >= 4 is 27.6 Å². The largest absolute Gasteiger partial charge is 0.497 e. The topological polar surface area (TPSA) is 99.3 Å². The molecule has 0 aromatic heterocycles. The Morgan fingerprint density at radius 1 is 0.824 bits per heavy atom. The van der Waals surface area contributed by atoms with Crippen LogP contribution in [0.4, 0.5) is 10.5 Å². The first-order valence-electron chi connectivity index (χ1n) is 11.5. The number of likely N-dealkylation sites (tertiary alicyclic amines) is 1. The van der Waals surface area contributed by atoms with Crippen LogP contribution in [0.25, 0.3) is 0 Å². The molecule has 0 bridgehead atoms. The van der Waals surface area contributed by atoms with Crippen molar-refractivity contribution in [1.29, 1.82) is 0 Å². The van der Waals surface area contributed by atoms with Crippen molar-refractivity contribution in [3.05, 3.63) is 54.1 Å². The van der Waals surface area contributed by atoms with E-state index in [2.05, 4.69) is 4.72 Å². The molecule has 10 heteroatoms. The molecule has 0 unspecified atom stereocenters. The zero-order valence-corrected chi connectivity index (χ0v) is 20.1. The first kappa shape index (κ1) is 23.9. The van der Waals surface area contributed by atoms with E-state index in [1.165, 1.54) is 19.2 Å². The molecule has 2 fully saturated rings. The number of rotatable bonds is 5. The number of amides is 3. The van der Waals surface area contributed by atoms with Crippen molar-refractivity contribution in [3.8, 4) is 5.75 Å². The molecule has 9 nitrogen and oxygen atoms in total. The number of anilines is 1. The second-order valence-corrected chi connectivity index (χ2v) is 10.2. The van der Waals surface area contributed by atoms with Crippen molar-refractivity contribution in [2.45, 2.75) is 24.2 Å². The van der Waals surface area contributed by atoms with Crippen LogP contribution in [0.15, 0.2) is 53.4 Å². The molecule has 0 aliphatic carbocycles. The van der Waals surface area contributed by atoms with Gasteiger partial charge in [-0.2, -0.15) is 0 Å². The molecule has 2 aliphatic rings. The second kappa shape index (κ2) is 10.3. The van der Waals surface area contributed by atoms with Crippen LogP contribution in [0, 0.1) is 0 Å². The van der Waals surface area contributed by atoms with E-state index in [1.807, 2.05) is 4.90 Å². The van der Waals surface area contributed by atoms with Gasteiger partial charge in [-0.25, -0.2) is 13.2 Å². The van der Waals surface area contributed by atoms with Gasteiger partial charge in [0.15, 0.2) is 0 Å². The number of ether oxygens (including phenoxy) is 1. The van der Waals surface area contributed by atoms with E-state index in [1.54, 1.807) is 46.2 Å². The lowest BCUT2D eigenvalue weighted by atomic mass is 10.1. The van der Waals surface area contributed by atoms with Crippen LogP contribution >= 0.6 is 0 Å². The summed E-state index contributed by atoms with van der Waals surface area (Å²) in [5.74, 6) is 0.375. The number of carbonyl (C=O) groups is 2. The number of methoxy groups -OCH3 is 1. The molecule has 0 atom stereocenters. The summed E-state index contributed by atoms with van der Waals surface area (Å²) in [5.41, 5.74) is 0.695. The van der Waals surface area contributed by atoms with Gasteiger partial charge in [0.05, 0.1) is 12.0 Å². The zero-order chi connectivity index (χ0) is 24.1. The molecule has 2 aromatic rings. The summed E-state index contributed by atoms with van der Waals surface area (Å²) in [6.07, 6.45) is 3.24. The summed E-state index contributed by atoms with van der Waals surface area (Å²) in [7, 11) is -2.34. The number of nitrogens with zero attached hydrogens (tertiary/aromatic N) is 3. The second-order valence-electron chi connectivity index (χ2n) is 8.47. The lowest BCUT2D eigenvalue weighted by molar-refractivity contribution is 0.0632. The third-order valence-corrected chi connectivity index (χ3v) is 7.58. The van der Waals surface area contributed by atoms with Crippen LogP contribution in [0.3, 0.4) is 0 Å². The van der Waals surface area contributed by atoms with Gasteiger partial charge >= 0.3 is 6.03 Å². The molecule has 2 heterocycles. The van der Waals surface area contributed by atoms with E-state index in [4.69, 9.17) is 4.74 Å². The summed E-state index contributed by atoms with van der Waals surface area (Å²) < 4.78 is 33.3. The number of nitrogens with one attached hydrogen (secondary N) is 1. The van der Waals surface area contributed by atoms with Gasteiger partial charge in [-0.3, -0.25) is 9.52 Å². The smallest absolute Gasteiger partial charge is 0.320 e. The molecule has 0 saturated carbocycles. The molecular weight excluding hydrogens is 456 g/mol. The number of urea groups is 1. The van der Waals surface area contributed by atoms with Gasteiger partial charge in [0, 0.05) is 50.5 Å². The first-order valence-corrected chi connectivity index (χ1v) is 13.0. The number of hydrogen-bond acceptors (Lipinski definition) is 5. The molecule has 2 aliphatic heterocycles. The quantitative estimate of drug-likeness (QED) is 0.701. The number of carbonyl (C=O) groups excluding carboxylic acids is 2. The maximum absolute atomic E-state index is 13.1. The van der Waals surface area contributed by atoms with Crippen LogP contribution in [-0.2, 0) is 10.0 Å². The number of benzene rings is 2. The Labute approximate surface area is 200 Å². The Bertz CT molecular complexity index is 1120. The van der Waals surface area contributed by atoms with Crippen LogP contribution < -0.4 is 9.46 Å². The van der Waals surface area contributed by atoms with Gasteiger partial charge in [0.25, 0.3) is 15.9 Å². The molecule has 2 aromatic carbocycles.